The van der Waals surface area contributed by atoms with E-state index in [1.54, 1.807) is 12.1 Å². The van der Waals surface area contributed by atoms with Crippen LogP contribution in [0.2, 0.25) is 0 Å². The Morgan fingerprint density at radius 3 is 2.60 bits per heavy atom. The molecular weight excluding hydrogens is 529 g/mol. The number of allylic oxidation sites excluding steroid dienone is 1. The van der Waals surface area contributed by atoms with Crippen LogP contribution in [0, 0.1) is 34.4 Å². The molecule has 3 unspecified atom stereocenters. The Morgan fingerprint density at radius 1 is 1.12 bits per heavy atom. The van der Waals surface area contributed by atoms with Crippen molar-refractivity contribution < 1.29 is 19.4 Å². The van der Waals surface area contributed by atoms with Gasteiger partial charge >= 0.3 is 0 Å². The lowest BCUT2D eigenvalue weighted by molar-refractivity contribution is -0.181. The number of nitrogens with one attached hydrogen (secondary N) is 1. The lowest BCUT2D eigenvalue weighted by Gasteiger charge is -2.60. The second-order valence-corrected chi connectivity index (χ2v) is 13.7. The van der Waals surface area contributed by atoms with Gasteiger partial charge in [0.25, 0.3) is 5.91 Å². The number of aliphatic hydroxyl groups is 2. The van der Waals surface area contributed by atoms with Crippen LogP contribution >= 0.6 is 0 Å². The Kier molecular flexibility index (Phi) is 6.30. The molecular formula is C35H40FN3O3. The molecule has 4 aliphatic rings. The molecule has 220 valence electrons. The highest BCUT2D eigenvalue weighted by Crippen LogP contribution is 2.67. The number of aliphatic hydroxyl groups excluding tert-OH is 1. The summed E-state index contributed by atoms with van der Waals surface area (Å²) in [6.45, 7) is 6.27. The van der Waals surface area contributed by atoms with Crippen molar-refractivity contribution in [2.24, 2.45) is 28.6 Å². The Labute approximate surface area is 246 Å². The predicted octanol–water partition coefficient (Wildman–Crippen LogP) is 5.77. The number of nitrogens with zero attached hydrogens (tertiary/aromatic N) is 2. The number of halogens is 1. The number of hydrogen-bond donors (Lipinski definition) is 3. The number of aromatic nitrogens is 2. The summed E-state index contributed by atoms with van der Waals surface area (Å²) in [5.74, 6) is -0.207. The molecule has 4 aliphatic carbocycles. The molecule has 7 heteroatoms. The zero-order valence-electron chi connectivity index (χ0n) is 24.6. The maximum atomic E-state index is 13.8. The van der Waals surface area contributed by atoms with Gasteiger partial charge in [0, 0.05) is 5.41 Å². The lowest BCUT2D eigenvalue weighted by atomic mass is 9.45. The van der Waals surface area contributed by atoms with Gasteiger partial charge in [-0.25, -0.2) is 9.07 Å². The van der Waals surface area contributed by atoms with E-state index in [0.717, 1.165) is 48.2 Å². The minimum Gasteiger partial charge on any atom is -0.393 e. The van der Waals surface area contributed by atoms with Crippen LogP contribution in [-0.2, 0) is 11.2 Å². The van der Waals surface area contributed by atoms with E-state index in [-0.39, 0.29) is 40.9 Å². The first kappa shape index (κ1) is 27.5. The van der Waals surface area contributed by atoms with E-state index in [2.05, 4.69) is 23.4 Å². The van der Waals surface area contributed by atoms with Crippen LogP contribution in [0.1, 0.15) is 75.7 Å². The second kappa shape index (κ2) is 9.61. The van der Waals surface area contributed by atoms with Crippen molar-refractivity contribution in [3.8, 4) is 5.69 Å². The second-order valence-electron chi connectivity index (χ2n) is 13.7. The zero-order chi connectivity index (χ0) is 29.4. The average Bonchev–Trinajstić information content (AvgIpc) is 3.49. The minimum atomic E-state index is -1.53. The van der Waals surface area contributed by atoms with Gasteiger partial charge in [-0.3, -0.25) is 4.79 Å². The van der Waals surface area contributed by atoms with E-state index in [4.69, 9.17) is 0 Å². The molecule has 42 heavy (non-hydrogen) atoms. The standard InChI is InChI=1S/C35H40FN3O3/c1-21(22-7-5-4-6-8-22)38-32(41)35(42)16-15-28-27-14-9-24-17-29-23(20-37-39(29)26-12-10-25(36)11-13-26)18-33(24,2)31(27)30(40)19-34(28,35)3/h4-8,10-13,17,20-21,27-28,30-31,40,42H,9,14-16,18-19H2,1-3H3,(H,38,41)/t21-,27?,28?,30-,31?,33-,34-,35-/m0/s1. The third kappa shape index (κ3) is 3.89. The van der Waals surface area contributed by atoms with E-state index in [9.17, 15) is 19.4 Å². The van der Waals surface area contributed by atoms with Crippen molar-refractivity contribution in [3.63, 3.8) is 0 Å². The molecule has 3 fully saturated rings. The van der Waals surface area contributed by atoms with Crippen molar-refractivity contribution in [1.29, 1.82) is 0 Å². The van der Waals surface area contributed by atoms with E-state index in [0.29, 0.717) is 12.8 Å². The highest BCUT2D eigenvalue weighted by Gasteiger charge is 2.68. The maximum Gasteiger partial charge on any atom is 0.253 e. The zero-order valence-corrected chi connectivity index (χ0v) is 24.6. The molecule has 1 amide bonds. The van der Waals surface area contributed by atoms with Gasteiger partial charge in [-0.15, -0.1) is 0 Å². The number of amides is 1. The molecule has 0 radical (unpaired) electrons. The number of rotatable bonds is 4. The predicted molar refractivity (Wildman–Crippen MR) is 159 cm³/mol. The van der Waals surface area contributed by atoms with Gasteiger partial charge < -0.3 is 15.5 Å². The first-order valence-corrected chi connectivity index (χ1v) is 15.4. The molecule has 3 saturated carbocycles. The van der Waals surface area contributed by atoms with Gasteiger partial charge in [-0.2, -0.15) is 5.10 Å². The first-order chi connectivity index (χ1) is 20.0. The van der Waals surface area contributed by atoms with Gasteiger partial charge in [-0.1, -0.05) is 49.8 Å². The number of carbonyl (C=O) groups is 1. The molecule has 0 saturated heterocycles. The highest BCUT2D eigenvalue weighted by atomic mass is 19.1. The van der Waals surface area contributed by atoms with Crippen molar-refractivity contribution in [2.75, 3.05) is 0 Å². The number of carbonyl (C=O) groups excluding carboxylic acids is 1. The first-order valence-electron chi connectivity index (χ1n) is 15.4. The van der Waals surface area contributed by atoms with Crippen LogP contribution < -0.4 is 5.32 Å². The number of benzene rings is 2. The van der Waals surface area contributed by atoms with Crippen LogP contribution in [0.3, 0.4) is 0 Å². The Morgan fingerprint density at radius 2 is 1.86 bits per heavy atom. The Balaban J connectivity index is 1.17. The molecule has 7 rings (SSSR count). The van der Waals surface area contributed by atoms with E-state index in [1.807, 2.05) is 55.1 Å². The molecule has 0 bridgehead atoms. The minimum absolute atomic E-state index is 0.0338. The van der Waals surface area contributed by atoms with Crippen molar-refractivity contribution in [1.82, 2.24) is 15.1 Å². The normalized spacial score (nSPS) is 35.7. The molecule has 0 aliphatic heterocycles. The van der Waals surface area contributed by atoms with Gasteiger partial charge in [-0.05, 0) is 110 Å². The molecule has 8 atom stereocenters. The summed E-state index contributed by atoms with van der Waals surface area (Å²) in [5.41, 5.74) is 2.83. The van der Waals surface area contributed by atoms with Crippen molar-refractivity contribution in [3.05, 3.63) is 89.0 Å². The van der Waals surface area contributed by atoms with Gasteiger partial charge in [0.15, 0.2) is 0 Å². The monoisotopic (exact) mass is 569 g/mol. The lowest BCUT2D eigenvalue weighted by Crippen LogP contribution is -2.63. The summed E-state index contributed by atoms with van der Waals surface area (Å²) in [6, 6.07) is 16.0. The van der Waals surface area contributed by atoms with Gasteiger partial charge in [0.05, 0.1) is 29.7 Å². The topological polar surface area (TPSA) is 87.4 Å². The molecule has 2 aromatic carbocycles. The molecule has 1 heterocycles. The summed E-state index contributed by atoms with van der Waals surface area (Å²) in [7, 11) is 0. The summed E-state index contributed by atoms with van der Waals surface area (Å²) >= 11 is 0. The van der Waals surface area contributed by atoms with Gasteiger partial charge in [0.2, 0.25) is 0 Å². The van der Waals surface area contributed by atoms with Crippen LogP contribution in [0.25, 0.3) is 11.8 Å². The highest BCUT2D eigenvalue weighted by molar-refractivity contribution is 5.87. The molecule has 1 aromatic heterocycles. The fraction of sp³-hybridized carbons (Fsp3) is 0.486. The Bertz CT molecular complexity index is 1550. The van der Waals surface area contributed by atoms with Gasteiger partial charge in [0.1, 0.15) is 11.4 Å². The number of fused-ring (bicyclic) bond motifs is 6. The fourth-order valence-corrected chi connectivity index (χ4v) is 9.49. The summed E-state index contributed by atoms with van der Waals surface area (Å²) in [6.07, 6.45) is 7.69. The summed E-state index contributed by atoms with van der Waals surface area (Å²) in [5, 5.41) is 31.8. The van der Waals surface area contributed by atoms with Crippen molar-refractivity contribution >= 4 is 12.0 Å². The quantitative estimate of drug-likeness (QED) is 0.372. The van der Waals surface area contributed by atoms with Crippen LogP contribution in [-0.4, -0.2) is 37.6 Å². The SMILES string of the molecule is C[C@H](NC(=O)[C@@]1(O)CCC2C3CCC4=Cc5c(cnn5-c5ccc(F)cc5)C[C@]4(C)C3[C@@H](O)C[C@@]21C)c1ccccc1. The summed E-state index contributed by atoms with van der Waals surface area (Å²) < 4.78 is 15.5. The van der Waals surface area contributed by atoms with Crippen molar-refractivity contribution in [2.45, 2.75) is 77.0 Å². The van der Waals surface area contributed by atoms with Crippen LogP contribution in [0.5, 0.6) is 0 Å². The summed E-state index contributed by atoms with van der Waals surface area (Å²) in [4.78, 5) is 13.8. The smallest absolute Gasteiger partial charge is 0.253 e. The molecule has 3 N–H and O–H groups in total. The maximum absolute atomic E-state index is 13.8. The van der Waals surface area contributed by atoms with E-state index < -0.39 is 17.1 Å². The molecule has 0 spiro atoms. The fourth-order valence-electron chi connectivity index (χ4n) is 9.49. The third-order valence-corrected chi connectivity index (χ3v) is 11.7. The van der Waals surface area contributed by atoms with E-state index >= 15 is 0 Å². The molecule has 3 aromatic rings. The average molecular weight is 570 g/mol. The largest absolute Gasteiger partial charge is 0.393 e. The third-order valence-electron chi connectivity index (χ3n) is 11.7. The Hall–Kier alpha value is -3.29. The van der Waals surface area contributed by atoms with Crippen LogP contribution in [0.4, 0.5) is 4.39 Å². The van der Waals surface area contributed by atoms with Crippen LogP contribution in [0.15, 0.2) is 66.4 Å². The van der Waals surface area contributed by atoms with E-state index in [1.165, 1.54) is 17.7 Å². The molecule has 6 nitrogen and oxygen atoms in total. The number of hydrogen-bond acceptors (Lipinski definition) is 4.